The van der Waals surface area contributed by atoms with E-state index in [4.69, 9.17) is 23.3 Å². The van der Waals surface area contributed by atoms with Crippen molar-refractivity contribution in [2.75, 3.05) is 26.4 Å². The topological polar surface area (TPSA) is 155 Å². The van der Waals surface area contributed by atoms with Crippen LogP contribution in [0.5, 0.6) is 0 Å². The summed E-state index contributed by atoms with van der Waals surface area (Å²) < 4.78 is 39.3. The van der Waals surface area contributed by atoms with E-state index in [1.807, 2.05) is 12.2 Å². The Kier molecular flexibility index (Phi) is 49.1. The maximum atomic E-state index is 12.9. The summed E-state index contributed by atoms with van der Waals surface area (Å²) in [6.07, 6.45) is 59.5. The van der Waals surface area contributed by atoms with Gasteiger partial charge in [0, 0.05) is 19.3 Å². The van der Waals surface area contributed by atoms with Gasteiger partial charge in [0.05, 0.1) is 19.8 Å². The number of carbonyl (C=O) groups excluding carboxylic acids is 3. The molecule has 0 fully saturated rings. The van der Waals surface area contributed by atoms with Crippen molar-refractivity contribution in [3.05, 3.63) is 97.2 Å². The van der Waals surface area contributed by atoms with Crippen LogP contribution in [0.4, 0.5) is 0 Å². The van der Waals surface area contributed by atoms with E-state index >= 15 is 0 Å². The van der Waals surface area contributed by atoms with Crippen molar-refractivity contribution in [2.24, 2.45) is 0 Å². The molecule has 0 aliphatic rings. The molecule has 0 radical (unpaired) electrons. The SMILES string of the molecule is CC/C=C\C/C=C\C/C=C\C/C=C\C/C=C\CCCC(=O)OC(COC(=O)CCCCCCCCCCCCC)COP(=O)(O)OCC(CO)OC(=O)CCCCCCC/C=C\C/C=C\C/C=C\CC. The van der Waals surface area contributed by atoms with Gasteiger partial charge in [-0.1, -0.05) is 201 Å². The molecule has 0 spiro atoms. The summed E-state index contributed by atoms with van der Waals surface area (Å²) in [7, 11) is -4.77. The van der Waals surface area contributed by atoms with Crippen molar-refractivity contribution in [1.82, 2.24) is 0 Å². The quantitative estimate of drug-likeness (QED) is 0.0197. The van der Waals surface area contributed by atoms with E-state index in [2.05, 4.69) is 106 Å². The Hall–Kier alpha value is -3.60. The molecule has 11 nitrogen and oxygen atoms in total. The largest absolute Gasteiger partial charge is 0.472 e. The summed E-state index contributed by atoms with van der Waals surface area (Å²) in [6, 6.07) is 0. The molecule has 3 atom stereocenters. The standard InChI is InChI=1S/C58H97O11P/c1-4-7-10-13-16-19-22-24-26-27-29-31-34-37-40-43-46-49-58(62)69-55(51-65-56(60)47-44-41-38-35-32-21-18-15-12-9-6-3)53-67-70(63,64)66-52-54(50-59)68-57(61)48-45-42-39-36-33-30-28-25-23-20-17-14-11-8-5-2/h7-8,10-11,16-17,19-20,24-26,28-29,31,37,40,54-55,59H,4-6,9,12-15,18,21-23,27,30,32-36,38-39,41-53H2,1-3H3,(H,63,64)/b10-7-,11-8-,19-16-,20-17-,26-24-,28-25-,31-29-,40-37-. The van der Waals surface area contributed by atoms with E-state index in [1.165, 1.54) is 44.9 Å². The predicted octanol–water partition coefficient (Wildman–Crippen LogP) is 15.7. The number of phosphoric ester groups is 1. The number of hydrogen-bond donors (Lipinski definition) is 2. The van der Waals surface area contributed by atoms with E-state index in [-0.39, 0.29) is 25.9 Å². The Morgan fingerprint density at radius 3 is 1.20 bits per heavy atom. The number of hydrogen-bond acceptors (Lipinski definition) is 10. The van der Waals surface area contributed by atoms with Gasteiger partial charge < -0.3 is 24.2 Å². The lowest BCUT2D eigenvalue weighted by atomic mass is 10.1. The number of unbranched alkanes of at least 4 members (excludes halogenated alkanes) is 16. The van der Waals surface area contributed by atoms with Gasteiger partial charge in [0.15, 0.2) is 6.10 Å². The Labute approximate surface area is 425 Å². The van der Waals surface area contributed by atoms with E-state index in [1.54, 1.807) is 0 Å². The van der Waals surface area contributed by atoms with Gasteiger partial charge in [0.1, 0.15) is 12.7 Å². The summed E-state index contributed by atoms with van der Waals surface area (Å²) in [6.45, 7) is 4.31. The van der Waals surface area contributed by atoms with Gasteiger partial charge in [-0.3, -0.25) is 23.4 Å². The molecule has 0 amide bonds. The predicted molar refractivity (Wildman–Crippen MR) is 288 cm³/mol. The molecule has 0 aromatic carbocycles. The van der Waals surface area contributed by atoms with Crippen molar-refractivity contribution < 1.29 is 52.2 Å². The maximum absolute atomic E-state index is 12.9. The molecule has 3 unspecified atom stereocenters. The minimum absolute atomic E-state index is 0.0854. The van der Waals surface area contributed by atoms with Crippen molar-refractivity contribution in [3.63, 3.8) is 0 Å². The summed E-state index contributed by atoms with van der Waals surface area (Å²) in [5.41, 5.74) is 0. The molecular formula is C58H97O11P. The lowest BCUT2D eigenvalue weighted by Gasteiger charge is -2.21. The van der Waals surface area contributed by atoms with E-state index in [0.717, 1.165) is 103 Å². The van der Waals surface area contributed by atoms with Gasteiger partial charge in [-0.2, -0.15) is 0 Å². The monoisotopic (exact) mass is 1000 g/mol. The van der Waals surface area contributed by atoms with Crippen LogP contribution in [0.2, 0.25) is 0 Å². The highest BCUT2D eigenvalue weighted by Gasteiger charge is 2.28. The van der Waals surface area contributed by atoms with Crippen LogP contribution in [-0.2, 0) is 42.2 Å². The van der Waals surface area contributed by atoms with Crippen molar-refractivity contribution in [3.8, 4) is 0 Å². The number of phosphoric acid groups is 1. The first kappa shape index (κ1) is 66.4. The third kappa shape index (κ3) is 49.4. The second-order valence-electron chi connectivity index (χ2n) is 17.6. The van der Waals surface area contributed by atoms with Gasteiger partial charge >= 0.3 is 25.7 Å². The normalized spacial score (nSPS) is 14.2. The van der Waals surface area contributed by atoms with Crippen molar-refractivity contribution in [2.45, 2.75) is 226 Å². The van der Waals surface area contributed by atoms with Crippen LogP contribution in [0.3, 0.4) is 0 Å². The van der Waals surface area contributed by atoms with Crippen LogP contribution in [0.25, 0.3) is 0 Å². The van der Waals surface area contributed by atoms with Crippen LogP contribution in [0.15, 0.2) is 97.2 Å². The first-order chi connectivity index (χ1) is 34.2. The number of carbonyl (C=O) groups is 3. The number of allylic oxidation sites excluding steroid dienone is 16. The lowest BCUT2D eigenvalue weighted by molar-refractivity contribution is -0.161. The highest BCUT2D eigenvalue weighted by Crippen LogP contribution is 2.43. The van der Waals surface area contributed by atoms with Gasteiger partial charge in [0.25, 0.3) is 0 Å². The molecule has 0 aliphatic heterocycles. The summed E-state index contributed by atoms with van der Waals surface area (Å²) >= 11 is 0. The van der Waals surface area contributed by atoms with Gasteiger partial charge in [-0.15, -0.1) is 0 Å². The van der Waals surface area contributed by atoms with E-state index in [0.29, 0.717) is 25.7 Å². The van der Waals surface area contributed by atoms with E-state index in [9.17, 15) is 28.9 Å². The fourth-order valence-electron chi connectivity index (χ4n) is 6.93. The smallest absolute Gasteiger partial charge is 0.462 e. The molecule has 400 valence electrons. The molecule has 0 saturated heterocycles. The average Bonchev–Trinajstić information content (AvgIpc) is 3.35. The minimum Gasteiger partial charge on any atom is -0.462 e. The van der Waals surface area contributed by atoms with Crippen LogP contribution < -0.4 is 0 Å². The summed E-state index contributed by atoms with van der Waals surface area (Å²) in [5, 5.41) is 9.79. The minimum atomic E-state index is -4.77. The number of rotatable bonds is 49. The molecule has 0 aromatic heterocycles. The van der Waals surface area contributed by atoms with E-state index < -0.39 is 57.8 Å². The zero-order valence-corrected chi connectivity index (χ0v) is 44.8. The fourth-order valence-corrected chi connectivity index (χ4v) is 7.72. The Balaban J connectivity index is 4.81. The molecule has 0 aromatic rings. The number of esters is 3. The molecule has 0 aliphatic carbocycles. The van der Waals surface area contributed by atoms with Crippen LogP contribution >= 0.6 is 7.82 Å². The molecule has 70 heavy (non-hydrogen) atoms. The highest BCUT2D eigenvalue weighted by atomic mass is 31.2. The number of aliphatic hydroxyl groups is 1. The second-order valence-corrected chi connectivity index (χ2v) is 19.1. The van der Waals surface area contributed by atoms with Gasteiger partial charge in [0.2, 0.25) is 0 Å². The van der Waals surface area contributed by atoms with Crippen molar-refractivity contribution >= 4 is 25.7 Å². The fraction of sp³-hybridized carbons (Fsp3) is 0.672. The zero-order valence-electron chi connectivity index (χ0n) is 43.9. The maximum Gasteiger partial charge on any atom is 0.472 e. The first-order valence-electron chi connectivity index (χ1n) is 27.1. The molecule has 0 bridgehead atoms. The summed E-state index contributed by atoms with van der Waals surface area (Å²) in [4.78, 5) is 48.4. The molecular weight excluding hydrogens is 904 g/mol. The number of aliphatic hydroxyl groups excluding tert-OH is 1. The summed E-state index contributed by atoms with van der Waals surface area (Å²) in [5.74, 6) is -1.56. The molecule has 2 N–H and O–H groups in total. The number of ether oxygens (including phenoxy) is 3. The molecule has 0 heterocycles. The van der Waals surface area contributed by atoms with Crippen molar-refractivity contribution in [1.29, 1.82) is 0 Å². The Morgan fingerprint density at radius 2 is 0.757 bits per heavy atom. The Bertz CT molecular complexity index is 1540. The highest BCUT2D eigenvalue weighted by molar-refractivity contribution is 7.47. The zero-order chi connectivity index (χ0) is 51.3. The average molecular weight is 1000 g/mol. The molecule has 12 heteroatoms. The third-order valence-corrected chi connectivity index (χ3v) is 12.0. The van der Waals surface area contributed by atoms with Gasteiger partial charge in [-0.05, 0) is 89.9 Å². The molecule has 0 rings (SSSR count). The second kappa shape index (κ2) is 51.7. The van der Waals surface area contributed by atoms with Crippen LogP contribution in [0.1, 0.15) is 213 Å². The first-order valence-corrected chi connectivity index (χ1v) is 28.6. The van der Waals surface area contributed by atoms with Crippen LogP contribution in [-0.4, -0.2) is 66.5 Å². The lowest BCUT2D eigenvalue weighted by Crippen LogP contribution is -2.30. The van der Waals surface area contributed by atoms with Gasteiger partial charge in [-0.25, -0.2) is 4.57 Å². The third-order valence-electron chi connectivity index (χ3n) is 11.0. The molecule has 0 saturated carbocycles. The Morgan fingerprint density at radius 1 is 0.414 bits per heavy atom. The van der Waals surface area contributed by atoms with Crippen LogP contribution in [0, 0.1) is 0 Å².